The number of imidazole rings is 1. The summed E-state index contributed by atoms with van der Waals surface area (Å²) < 4.78 is 13.8. The van der Waals surface area contributed by atoms with Gasteiger partial charge in [-0.05, 0) is 18.6 Å². The van der Waals surface area contributed by atoms with E-state index in [-0.39, 0.29) is 17.6 Å². The van der Waals surface area contributed by atoms with Gasteiger partial charge < -0.3 is 18.9 Å². The highest BCUT2D eigenvalue weighted by Gasteiger charge is 2.47. The van der Waals surface area contributed by atoms with Gasteiger partial charge >= 0.3 is 0 Å². The van der Waals surface area contributed by atoms with Gasteiger partial charge in [0.1, 0.15) is 17.5 Å². The van der Waals surface area contributed by atoms with Crippen molar-refractivity contribution in [3.05, 3.63) is 42.7 Å². The summed E-state index contributed by atoms with van der Waals surface area (Å²) in [6.07, 6.45) is 8.43. The molecule has 4 rings (SSSR count). The lowest BCUT2D eigenvalue weighted by atomic mass is 9.98. The minimum absolute atomic E-state index is 0.000831. The Balaban J connectivity index is 1.38. The summed E-state index contributed by atoms with van der Waals surface area (Å²) in [5.74, 6) is 0.718. The smallest absolute Gasteiger partial charge is 0.274 e. The fraction of sp³-hybridized carbons (Fsp3) is 0.471. The van der Waals surface area contributed by atoms with Crippen molar-refractivity contribution in [2.45, 2.75) is 24.5 Å². The van der Waals surface area contributed by atoms with Crippen LogP contribution in [0.25, 0.3) is 0 Å². The van der Waals surface area contributed by atoms with E-state index in [1.54, 1.807) is 29.5 Å². The molecule has 2 aliphatic heterocycles. The maximum absolute atomic E-state index is 12.5. The summed E-state index contributed by atoms with van der Waals surface area (Å²) in [6.45, 7) is 1.82. The molecule has 0 unspecified atom stereocenters. The summed E-state index contributed by atoms with van der Waals surface area (Å²) >= 11 is 0. The number of ether oxygens (including phenoxy) is 2. The Hall–Kier alpha value is -2.41. The highest BCUT2D eigenvalue weighted by atomic mass is 16.6. The predicted molar refractivity (Wildman–Crippen MR) is 85.7 cm³/mol. The molecule has 7 nitrogen and oxygen atoms in total. The van der Waals surface area contributed by atoms with Gasteiger partial charge in [0.15, 0.2) is 0 Å². The Morgan fingerprint density at radius 1 is 1.50 bits per heavy atom. The summed E-state index contributed by atoms with van der Waals surface area (Å²) in [7, 11) is 1.86. The van der Waals surface area contributed by atoms with Crippen LogP contribution in [-0.2, 0) is 11.8 Å². The van der Waals surface area contributed by atoms with Crippen molar-refractivity contribution >= 4 is 5.91 Å². The first kappa shape index (κ1) is 15.1. The standard InChI is InChI=1S/C17H20N4O3/c1-20-9-15(19-12-20)16(22)21-6-4-17(11-21)7-14(10-23-17)24-13-3-2-5-18-8-13/h2-3,5,8-9,12,14H,4,6-7,10-11H2,1H3/t14-,17+/m1/s1. The van der Waals surface area contributed by atoms with Crippen LogP contribution in [0.5, 0.6) is 5.75 Å². The molecular formula is C17H20N4O3. The number of rotatable bonds is 3. The van der Waals surface area contributed by atoms with Crippen LogP contribution >= 0.6 is 0 Å². The molecule has 24 heavy (non-hydrogen) atoms. The zero-order valence-electron chi connectivity index (χ0n) is 13.6. The van der Waals surface area contributed by atoms with E-state index in [0.29, 0.717) is 25.4 Å². The SMILES string of the molecule is Cn1cnc(C(=O)N2CC[C@]3(C[C@@H](Oc4cccnc4)CO3)C2)c1. The summed E-state index contributed by atoms with van der Waals surface area (Å²) in [5, 5.41) is 0. The topological polar surface area (TPSA) is 69.5 Å². The Morgan fingerprint density at radius 2 is 2.42 bits per heavy atom. The molecule has 2 aromatic rings. The van der Waals surface area contributed by atoms with E-state index < -0.39 is 0 Å². The molecule has 2 saturated heterocycles. The van der Waals surface area contributed by atoms with Crippen LogP contribution in [0.2, 0.25) is 0 Å². The fourth-order valence-corrected chi connectivity index (χ4v) is 3.48. The average molecular weight is 328 g/mol. The molecule has 2 aromatic heterocycles. The number of aryl methyl sites for hydroxylation is 1. The van der Waals surface area contributed by atoms with Gasteiger partial charge in [-0.15, -0.1) is 0 Å². The number of pyridine rings is 1. The average Bonchev–Trinajstić information content (AvgIpc) is 3.30. The zero-order valence-corrected chi connectivity index (χ0v) is 13.6. The number of carbonyl (C=O) groups is 1. The van der Waals surface area contributed by atoms with Gasteiger partial charge in [-0.3, -0.25) is 9.78 Å². The first-order chi connectivity index (χ1) is 11.6. The van der Waals surface area contributed by atoms with Crippen LogP contribution in [0.4, 0.5) is 0 Å². The van der Waals surface area contributed by atoms with Crippen LogP contribution in [0, 0.1) is 0 Å². The van der Waals surface area contributed by atoms with E-state index in [2.05, 4.69) is 9.97 Å². The second-order valence-corrected chi connectivity index (χ2v) is 6.53. The zero-order chi connectivity index (χ0) is 16.6. The van der Waals surface area contributed by atoms with Crippen LogP contribution < -0.4 is 4.74 Å². The van der Waals surface area contributed by atoms with E-state index >= 15 is 0 Å². The van der Waals surface area contributed by atoms with E-state index in [4.69, 9.17) is 9.47 Å². The predicted octanol–water partition coefficient (Wildman–Crippen LogP) is 1.27. The molecule has 0 aromatic carbocycles. The number of likely N-dealkylation sites (tertiary alicyclic amines) is 1. The lowest BCUT2D eigenvalue weighted by Crippen LogP contribution is -2.36. The molecule has 7 heteroatoms. The number of amides is 1. The normalized spacial score (nSPS) is 26.2. The van der Waals surface area contributed by atoms with Crippen LogP contribution in [0.15, 0.2) is 37.1 Å². The number of nitrogens with zero attached hydrogens (tertiary/aromatic N) is 4. The maximum atomic E-state index is 12.5. The van der Waals surface area contributed by atoms with E-state index in [9.17, 15) is 4.79 Å². The van der Waals surface area contributed by atoms with Crippen molar-refractivity contribution in [2.75, 3.05) is 19.7 Å². The molecule has 0 aliphatic carbocycles. The summed E-state index contributed by atoms with van der Waals surface area (Å²) in [6, 6.07) is 3.74. The van der Waals surface area contributed by atoms with Crippen molar-refractivity contribution < 1.29 is 14.3 Å². The Kier molecular flexibility index (Phi) is 3.72. The number of aromatic nitrogens is 3. The van der Waals surface area contributed by atoms with Crippen LogP contribution in [0.3, 0.4) is 0 Å². The largest absolute Gasteiger partial charge is 0.486 e. The number of carbonyl (C=O) groups excluding carboxylic acids is 1. The number of hydrogen-bond donors (Lipinski definition) is 0. The summed E-state index contributed by atoms with van der Waals surface area (Å²) in [4.78, 5) is 22.6. The summed E-state index contributed by atoms with van der Waals surface area (Å²) in [5.41, 5.74) is 0.188. The van der Waals surface area contributed by atoms with Gasteiger partial charge in [0.25, 0.3) is 5.91 Å². The fourth-order valence-electron chi connectivity index (χ4n) is 3.48. The van der Waals surface area contributed by atoms with Crippen LogP contribution in [0.1, 0.15) is 23.3 Å². The van der Waals surface area contributed by atoms with Crippen molar-refractivity contribution in [3.63, 3.8) is 0 Å². The van der Waals surface area contributed by atoms with E-state index in [1.807, 2.05) is 24.1 Å². The van der Waals surface area contributed by atoms with E-state index in [1.165, 1.54) is 0 Å². The molecule has 1 amide bonds. The first-order valence-corrected chi connectivity index (χ1v) is 8.11. The molecule has 2 atom stereocenters. The molecule has 2 aliphatic rings. The molecule has 0 bridgehead atoms. The highest BCUT2D eigenvalue weighted by Crippen LogP contribution is 2.36. The lowest BCUT2D eigenvalue weighted by molar-refractivity contribution is 0.00989. The van der Waals surface area contributed by atoms with Crippen LogP contribution in [-0.4, -0.2) is 56.7 Å². The van der Waals surface area contributed by atoms with Gasteiger partial charge in [-0.25, -0.2) is 4.98 Å². The highest BCUT2D eigenvalue weighted by molar-refractivity contribution is 5.92. The van der Waals surface area contributed by atoms with Crippen molar-refractivity contribution in [1.82, 2.24) is 19.4 Å². The van der Waals surface area contributed by atoms with Crippen molar-refractivity contribution in [2.24, 2.45) is 7.05 Å². The van der Waals surface area contributed by atoms with Gasteiger partial charge in [-0.2, -0.15) is 0 Å². The molecule has 1 spiro atoms. The molecule has 0 radical (unpaired) electrons. The molecular weight excluding hydrogens is 308 g/mol. The van der Waals surface area contributed by atoms with Gasteiger partial charge in [0.05, 0.1) is 31.3 Å². The second-order valence-electron chi connectivity index (χ2n) is 6.53. The lowest BCUT2D eigenvalue weighted by Gasteiger charge is -2.23. The third-order valence-corrected chi connectivity index (χ3v) is 4.64. The van der Waals surface area contributed by atoms with Crippen molar-refractivity contribution in [1.29, 1.82) is 0 Å². The third kappa shape index (κ3) is 2.87. The minimum atomic E-state index is -0.294. The molecule has 0 N–H and O–H groups in total. The molecule has 4 heterocycles. The van der Waals surface area contributed by atoms with Gasteiger partial charge in [-0.1, -0.05) is 0 Å². The maximum Gasteiger partial charge on any atom is 0.274 e. The molecule has 2 fully saturated rings. The third-order valence-electron chi connectivity index (χ3n) is 4.64. The quantitative estimate of drug-likeness (QED) is 0.849. The second kappa shape index (κ2) is 5.90. The minimum Gasteiger partial charge on any atom is -0.486 e. The number of hydrogen-bond acceptors (Lipinski definition) is 5. The molecule has 126 valence electrons. The first-order valence-electron chi connectivity index (χ1n) is 8.11. The van der Waals surface area contributed by atoms with Gasteiger partial charge in [0, 0.05) is 32.4 Å². The monoisotopic (exact) mass is 328 g/mol. The Morgan fingerprint density at radius 3 is 3.17 bits per heavy atom. The van der Waals surface area contributed by atoms with E-state index in [0.717, 1.165) is 18.6 Å². The Labute approximate surface area is 140 Å². The molecule has 0 saturated carbocycles. The van der Waals surface area contributed by atoms with Gasteiger partial charge in [0.2, 0.25) is 0 Å². The van der Waals surface area contributed by atoms with Crippen molar-refractivity contribution in [3.8, 4) is 5.75 Å². The Bertz CT molecular complexity index is 732.